The van der Waals surface area contributed by atoms with Gasteiger partial charge in [-0.3, -0.25) is 4.79 Å². The fourth-order valence-corrected chi connectivity index (χ4v) is 3.30. The van der Waals surface area contributed by atoms with E-state index in [0.717, 1.165) is 11.1 Å². The maximum Gasteiger partial charge on any atom is 0.337 e. The van der Waals surface area contributed by atoms with Crippen molar-refractivity contribution >= 4 is 23.3 Å². The molecule has 2 aromatic heterocycles. The van der Waals surface area contributed by atoms with E-state index in [1.807, 2.05) is 36.4 Å². The van der Waals surface area contributed by atoms with E-state index < -0.39 is 0 Å². The Bertz CT molecular complexity index is 1280. The molecule has 1 N–H and O–H groups in total. The van der Waals surface area contributed by atoms with Crippen LogP contribution in [-0.4, -0.2) is 33.6 Å². The molecule has 0 aliphatic carbocycles. The van der Waals surface area contributed by atoms with Gasteiger partial charge >= 0.3 is 5.97 Å². The first-order valence-corrected chi connectivity index (χ1v) is 10.2. The number of ether oxygens (including phenoxy) is 1. The number of fused-ring (bicyclic) bond motifs is 1. The molecule has 0 radical (unpaired) electrons. The average molecular weight is 428 g/mol. The predicted molar refractivity (Wildman–Crippen MR) is 123 cm³/mol. The summed E-state index contributed by atoms with van der Waals surface area (Å²) in [7, 11) is 1.35. The number of esters is 1. The number of nitrogens with one attached hydrogen (secondary N) is 1. The summed E-state index contributed by atoms with van der Waals surface area (Å²) >= 11 is 0. The Morgan fingerprint density at radius 2 is 1.56 bits per heavy atom. The van der Waals surface area contributed by atoms with Crippen LogP contribution in [0.25, 0.3) is 16.9 Å². The maximum absolute atomic E-state index is 12.6. The number of benzene rings is 2. The van der Waals surface area contributed by atoms with Crippen molar-refractivity contribution in [2.75, 3.05) is 12.4 Å². The van der Waals surface area contributed by atoms with Crippen LogP contribution in [0.4, 0.5) is 5.82 Å². The van der Waals surface area contributed by atoms with Crippen molar-refractivity contribution < 1.29 is 14.3 Å². The molecule has 0 unspecified atom stereocenters. The average Bonchev–Trinajstić information content (AvgIpc) is 3.19. The van der Waals surface area contributed by atoms with E-state index in [4.69, 9.17) is 4.74 Å². The molecule has 0 fully saturated rings. The summed E-state index contributed by atoms with van der Waals surface area (Å²) in [5.74, 6) is -0.198. The zero-order valence-electron chi connectivity index (χ0n) is 18.4. The van der Waals surface area contributed by atoms with E-state index in [2.05, 4.69) is 36.2 Å². The van der Waals surface area contributed by atoms with Crippen LogP contribution in [-0.2, 0) is 10.2 Å². The molecule has 7 nitrogen and oxygen atoms in total. The molecule has 4 aromatic rings. The molecule has 0 atom stereocenters. The van der Waals surface area contributed by atoms with Crippen LogP contribution in [0.1, 0.15) is 47.1 Å². The fourth-order valence-electron chi connectivity index (χ4n) is 3.30. The maximum atomic E-state index is 12.6. The van der Waals surface area contributed by atoms with Gasteiger partial charge in [-0.15, -0.1) is 0 Å². The highest BCUT2D eigenvalue weighted by atomic mass is 16.5. The lowest BCUT2D eigenvalue weighted by molar-refractivity contribution is 0.0600. The lowest BCUT2D eigenvalue weighted by Gasteiger charge is -2.18. The van der Waals surface area contributed by atoms with Crippen molar-refractivity contribution in [3.63, 3.8) is 0 Å². The first-order valence-electron chi connectivity index (χ1n) is 10.2. The second-order valence-corrected chi connectivity index (χ2v) is 8.50. The number of carbonyl (C=O) groups excluding carboxylic acids is 2. The largest absolute Gasteiger partial charge is 0.465 e. The highest BCUT2D eigenvalue weighted by Gasteiger charge is 2.15. The fraction of sp³-hybridized carbons (Fsp3) is 0.200. The predicted octanol–water partition coefficient (Wildman–Crippen LogP) is 4.73. The van der Waals surface area contributed by atoms with Crippen molar-refractivity contribution in [2.45, 2.75) is 26.2 Å². The zero-order valence-corrected chi connectivity index (χ0v) is 18.4. The highest BCUT2D eigenvalue weighted by Crippen LogP contribution is 2.23. The molecule has 0 bridgehead atoms. The molecule has 2 heterocycles. The summed E-state index contributed by atoms with van der Waals surface area (Å²) in [6, 6.07) is 18.2. The Labute approximate surface area is 186 Å². The summed E-state index contributed by atoms with van der Waals surface area (Å²) in [6.45, 7) is 6.40. The van der Waals surface area contributed by atoms with Gasteiger partial charge in [-0.25, -0.2) is 14.3 Å². The second kappa shape index (κ2) is 8.26. The normalized spacial score (nSPS) is 11.4. The van der Waals surface area contributed by atoms with Gasteiger partial charge in [0.1, 0.15) is 0 Å². The molecule has 0 saturated heterocycles. The summed E-state index contributed by atoms with van der Waals surface area (Å²) < 4.78 is 6.34. The first kappa shape index (κ1) is 21.2. The van der Waals surface area contributed by atoms with Crippen LogP contribution in [0.15, 0.2) is 66.9 Å². The molecule has 0 spiro atoms. The smallest absolute Gasteiger partial charge is 0.337 e. The van der Waals surface area contributed by atoms with Crippen LogP contribution in [0, 0.1) is 0 Å². The van der Waals surface area contributed by atoms with E-state index in [-0.39, 0.29) is 17.3 Å². The third-order valence-corrected chi connectivity index (χ3v) is 5.18. The zero-order chi connectivity index (χ0) is 22.9. The highest BCUT2D eigenvalue weighted by molar-refractivity contribution is 6.03. The number of hydrogen-bond donors (Lipinski definition) is 1. The first-order chi connectivity index (χ1) is 15.2. The van der Waals surface area contributed by atoms with E-state index in [1.54, 1.807) is 35.0 Å². The standard InChI is InChI=1S/C25H24N4O3/c1-25(2,3)19-11-9-17(10-12-19)23(30)27-21-15-29-22(26-21)14-13-20(28-29)16-5-7-18(8-6-16)24(31)32-4/h5-15H,1-4H3,(H,27,30). The summed E-state index contributed by atoms with van der Waals surface area (Å²) in [4.78, 5) is 28.7. The number of imidazole rings is 1. The molecule has 2 aromatic carbocycles. The van der Waals surface area contributed by atoms with Crippen LogP contribution >= 0.6 is 0 Å². The Kier molecular flexibility index (Phi) is 5.48. The summed E-state index contributed by atoms with van der Waals surface area (Å²) in [5.41, 5.74) is 4.39. The van der Waals surface area contributed by atoms with Crippen LogP contribution in [0.5, 0.6) is 0 Å². The van der Waals surface area contributed by atoms with Crippen molar-refractivity contribution in [3.05, 3.63) is 83.6 Å². The number of hydrogen-bond acceptors (Lipinski definition) is 5. The van der Waals surface area contributed by atoms with Crippen molar-refractivity contribution in [1.82, 2.24) is 14.6 Å². The lowest BCUT2D eigenvalue weighted by Crippen LogP contribution is -2.14. The van der Waals surface area contributed by atoms with Gasteiger partial charge in [0.05, 0.1) is 24.6 Å². The van der Waals surface area contributed by atoms with Gasteiger partial charge in [-0.2, -0.15) is 5.10 Å². The Morgan fingerprint density at radius 1 is 0.906 bits per heavy atom. The molecule has 1 amide bonds. The van der Waals surface area contributed by atoms with Crippen molar-refractivity contribution in [3.8, 4) is 11.3 Å². The number of rotatable bonds is 4. The van der Waals surface area contributed by atoms with E-state index >= 15 is 0 Å². The summed E-state index contributed by atoms with van der Waals surface area (Å²) in [6.07, 6.45) is 1.67. The number of amides is 1. The molecule has 162 valence electrons. The topological polar surface area (TPSA) is 85.6 Å². The van der Waals surface area contributed by atoms with Gasteiger partial charge in [0, 0.05) is 11.1 Å². The molecule has 32 heavy (non-hydrogen) atoms. The van der Waals surface area contributed by atoms with Gasteiger partial charge in [0.15, 0.2) is 11.5 Å². The van der Waals surface area contributed by atoms with Crippen molar-refractivity contribution in [2.24, 2.45) is 0 Å². The van der Waals surface area contributed by atoms with E-state index in [0.29, 0.717) is 28.3 Å². The number of methoxy groups -OCH3 is 1. The van der Waals surface area contributed by atoms with Crippen LogP contribution < -0.4 is 5.32 Å². The minimum Gasteiger partial charge on any atom is -0.465 e. The Balaban J connectivity index is 1.53. The summed E-state index contributed by atoms with van der Waals surface area (Å²) in [5, 5.41) is 7.40. The van der Waals surface area contributed by atoms with Gasteiger partial charge in [0.25, 0.3) is 5.91 Å². The minimum absolute atomic E-state index is 0.0274. The monoisotopic (exact) mass is 428 g/mol. The van der Waals surface area contributed by atoms with Crippen LogP contribution in [0.3, 0.4) is 0 Å². The molecule has 0 saturated carbocycles. The van der Waals surface area contributed by atoms with Gasteiger partial charge < -0.3 is 10.1 Å². The van der Waals surface area contributed by atoms with E-state index in [1.165, 1.54) is 7.11 Å². The number of anilines is 1. The minimum atomic E-state index is -0.386. The van der Waals surface area contributed by atoms with E-state index in [9.17, 15) is 9.59 Å². The molecule has 0 aliphatic rings. The van der Waals surface area contributed by atoms with Gasteiger partial charge in [-0.1, -0.05) is 45.0 Å². The number of nitrogens with zero attached hydrogens (tertiary/aromatic N) is 3. The van der Waals surface area contributed by atoms with Gasteiger partial charge in [-0.05, 0) is 47.4 Å². The van der Waals surface area contributed by atoms with Gasteiger partial charge in [0.2, 0.25) is 0 Å². The number of aromatic nitrogens is 3. The van der Waals surface area contributed by atoms with Crippen LogP contribution in [0.2, 0.25) is 0 Å². The Morgan fingerprint density at radius 3 is 2.19 bits per heavy atom. The molecular weight excluding hydrogens is 404 g/mol. The lowest BCUT2D eigenvalue weighted by atomic mass is 9.87. The SMILES string of the molecule is COC(=O)c1ccc(-c2ccc3nc(NC(=O)c4ccc(C(C)(C)C)cc4)cn3n2)cc1. The molecular formula is C25H24N4O3. The third kappa shape index (κ3) is 4.37. The quantitative estimate of drug-likeness (QED) is 0.475. The molecule has 0 aliphatic heterocycles. The third-order valence-electron chi connectivity index (χ3n) is 5.18. The molecule has 7 heteroatoms. The molecule has 4 rings (SSSR count). The Hall–Kier alpha value is -4.00. The van der Waals surface area contributed by atoms with Crippen molar-refractivity contribution in [1.29, 1.82) is 0 Å². The second-order valence-electron chi connectivity index (χ2n) is 8.50. The number of carbonyl (C=O) groups is 2.